The van der Waals surface area contributed by atoms with E-state index in [1.165, 1.54) is 14.0 Å². The molecule has 1 atom stereocenters. The number of methoxy groups -OCH3 is 1. The smallest absolute Gasteiger partial charge is 0.336 e. The molecule has 0 unspecified atom stereocenters. The summed E-state index contributed by atoms with van der Waals surface area (Å²) in [5.41, 5.74) is 3.21. The summed E-state index contributed by atoms with van der Waals surface area (Å²) in [6.45, 7) is 5.10. The van der Waals surface area contributed by atoms with E-state index >= 15 is 0 Å². The Bertz CT molecular complexity index is 927. The van der Waals surface area contributed by atoms with Gasteiger partial charge in [-0.3, -0.25) is 9.59 Å². The summed E-state index contributed by atoms with van der Waals surface area (Å²) in [6.07, 6.45) is 1.95. The van der Waals surface area contributed by atoms with Crippen LogP contribution in [0.15, 0.2) is 40.7 Å². The average molecular weight is 399 g/mol. The van der Waals surface area contributed by atoms with Gasteiger partial charge in [-0.1, -0.05) is 6.07 Å². The van der Waals surface area contributed by atoms with Crippen LogP contribution in [0, 0.1) is 0 Å². The van der Waals surface area contributed by atoms with Crippen LogP contribution in [0.4, 0.5) is 0 Å². The molecule has 2 aliphatic rings. The Kier molecular flexibility index (Phi) is 6.06. The van der Waals surface area contributed by atoms with E-state index in [-0.39, 0.29) is 18.1 Å². The van der Waals surface area contributed by atoms with E-state index in [2.05, 4.69) is 5.32 Å². The number of hydrogen-bond acceptors (Lipinski definition) is 7. The number of esters is 2. The van der Waals surface area contributed by atoms with Crippen molar-refractivity contribution in [1.29, 1.82) is 0 Å². The molecule has 0 saturated heterocycles. The van der Waals surface area contributed by atoms with Gasteiger partial charge in [0.15, 0.2) is 17.3 Å². The van der Waals surface area contributed by atoms with Gasteiger partial charge in [0.05, 0.1) is 19.3 Å². The van der Waals surface area contributed by atoms with Gasteiger partial charge in [0.1, 0.15) is 0 Å². The number of benzene rings is 1. The average Bonchev–Trinajstić information content (AvgIpc) is 2.67. The van der Waals surface area contributed by atoms with Crippen molar-refractivity contribution in [3.63, 3.8) is 0 Å². The zero-order chi connectivity index (χ0) is 21.1. The molecule has 1 aromatic rings. The van der Waals surface area contributed by atoms with Crippen LogP contribution in [0.1, 0.15) is 51.5 Å². The summed E-state index contributed by atoms with van der Waals surface area (Å²) in [5, 5.41) is 3.24. The van der Waals surface area contributed by atoms with Crippen molar-refractivity contribution >= 4 is 17.7 Å². The quantitative estimate of drug-likeness (QED) is 0.601. The predicted molar refractivity (Wildman–Crippen MR) is 105 cm³/mol. The predicted octanol–water partition coefficient (Wildman–Crippen LogP) is 3.15. The van der Waals surface area contributed by atoms with Crippen LogP contribution in [0.5, 0.6) is 11.5 Å². The molecule has 0 radical (unpaired) electrons. The molecule has 7 nitrogen and oxygen atoms in total. The number of rotatable bonds is 5. The maximum atomic E-state index is 12.8. The van der Waals surface area contributed by atoms with Gasteiger partial charge in [0.25, 0.3) is 0 Å². The number of ether oxygens (including phenoxy) is 3. The molecule has 154 valence electrons. The standard InChI is InChI=1S/C22H25NO6/c1-5-28-22(26)19-12(2)23-15-7-6-8-16(25)21(15)20(19)14-9-10-17(29-13(3)24)18(11-14)27-4/h9-11,20,23H,5-8H2,1-4H3/t20-/m0/s1. The lowest BCUT2D eigenvalue weighted by molar-refractivity contribution is -0.139. The van der Waals surface area contributed by atoms with Gasteiger partial charge in [-0.05, 0) is 44.4 Å². The molecule has 0 spiro atoms. The molecule has 0 aromatic heterocycles. The third-order valence-electron chi connectivity index (χ3n) is 5.05. The molecule has 29 heavy (non-hydrogen) atoms. The summed E-state index contributed by atoms with van der Waals surface area (Å²) in [6, 6.07) is 5.06. The van der Waals surface area contributed by atoms with E-state index in [1.54, 1.807) is 25.1 Å². The fourth-order valence-electron chi connectivity index (χ4n) is 3.90. The van der Waals surface area contributed by atoms with E-state index in [1.807, 2.05) is 6.92 Å². The van der Waals surface area contributed by atoms with E-state index in [0.29, 0.717) is 34.6 Å². The summed E-state index contributed by atoms with van der Waals surface area (Å²) in [7, 11) is 1.47. The topological polar surface area (TPSA) is 90.9 Å². The van der Waals surface area contributed by atoms with Crippen molar-refractivity contribution in [2.45, 2.75) is 46.0 Å². The lowest BCUT2D eigenvalue weighted by atomic mass is 9.75. The number of dihydropyridines is 1. The van der Waals surface area contributed by atoms with Crippen LogP contribution in [-0.2, 0) is 19.1 Å². The van der Waals surface area contributed by atoms with Crippen molar-refractivity contribution in [3.05, 3.63) is 46.3 Å². The van der Waals surface area contributed by atoms with Crippen LogP contribution in [-0.4, -0.2) is 31.4 Å². The van der Waals surface area contributed by atoms with Gasteiger partial charge in [-0.2, -0.15) is 0 Å². The molecule has 0 saturated carbocycles. The molecule has 0 bridgehead atoms. The Balaban J connectivity index is 2.16. The molecular weight excluding hydrogens is 374 g/mol. The monoisotopic (exact) mass is 399 g/mol. The second-order valence-electron chi connectivity index (χ2n) is 6.99. The van der Waals surface area contributed by atoms with Gasteiger partial charge in [-0.25, -0.2) is 4.79 Å². The number of hydrogen-bond donors (Lipinski definition) is 1. The lowest BCUT2D eigenvalue weighted by Crippen LogP contribution is -2.34. The first-order valence-corrected chi connectivity index (χ1v) is 9.64. The van der Waals surface area contributed by atoms with Crippen molar-refractivity contribution in [2.24, 2.45) is 0 Å². The molecule has 1 aliphatic heterocycles. The molecule has 1 N–H and O–H groups in total. The van der Waals surface area contributed by atoms with Gasteiger partial charge >= 0.3 is 11.9 Å². The maximum absolute atomic E-state index is 12.8. The number of nitrogens with one attached hydrogen (secondary N) is 1. The Morgan fingerprint density at radius 3 is 2.62 bits per heavy atom. The molecule has 0 fully saturated rings. The molecular formula is C22H25NO6. The van der Waals surface area contributed by atoms with Crippen LogP contribution in [0.25, 0.3) is 0 Å². The summed E-state index contributed by atoms with van der Waals surface area (Å²) in [4.78, 5) is 37.0. The van der Waals surface area contributed by atoms with E-state index < -0.39 is 17.9 Å². The second-order valence-corrected chi connectivity index (χ2v) is 6.99. The first-order valence-electron chi connectivity index (χ1n) is 9.64. The van der Waals surface area contributed by atoms with Crippen LogP contribution < -0.4 is 14.8 Å². The van der Waals surface area contributed by atoms with Gasteiger partial charge in [-0.15, -0.1) is 0 Å². The zero-order valence-electron chi connectivity index (χ0n) is 17.1. The minimum atomic E-state index is -0.571. The Labute approximate surface area is 169 Å². The normalized spacial score (nSPS) is 18.8. The van der Waals surface area contributed by atoms with E-state index in [9.17, 15) is 14.4 Å². The highest BCUT2D eigenvalue weighted by Crippen LogP contribution is 2.44. The van der Waals surface area contributed by atoms with E-state index in [0.717, 1.165) is 18.5 Å². The third kappa shape index (κ3) is 4.04. The molecule has 7 heteroatoms. The highest BCUT2D eigenvalue weighted by atomic mass is 16.6. The Morgan fingerprint density at radius 1 is 1.21 bits per heavy atom. The van der Waals surface area contributed by atoms with E-state index in [4.69, 9.17) is 14.2 Å². The second kappa shape index (κ2) is 8.51. The number of carbonyl (C=O) groups is 3. The molecule has 1 aliphatic carbocycles. The molecule has 3 rings (SSSR count). The van der Waals surface area contributed by atoms with Crippen LogP contribution in [0.3, 0.4) is 0 Å². The molecule has 1 aromatic carbocycles. The number of ketones is 1. The largest absolute Gasteiger partial charge is 0.493 e. The Morgan fingerprint density at radius 2 is 1.97 bits per heavy atom. The Hall–Kier alpha value is -3.09. The van der Waals surface area contributed by atoms with Crippen LogP contribution >= 0.6 is 0 Å². The minimum Gasteiger partial charge on any atom is -0.493 e. The maximum Gasteiger partial charge on any atom is 0.336 e. The fraction of sp³-hybridized carbons (Fsp3) is 0.409. The summed E-state index contributed by atoms with van der Waals surface area (Å²) >= 11 is 0. The number of Topliss-reactive ketones (excluding diaryl/α,β-unsaturated/α-hetero) is 1. The highest BCUT2D eigenvalue weighted by molar-refractivity contribution is 6.03. The third-order valence-corrected chi connectivity index (χ3v) is 5.05. The first-order chi connectivity index (χ1) is 13.9. The fourth-order valence-corrected chi connectivity index (χ4v) is 3.90. The van der Waals surface area contributed by atoms with Crippen molar-refractivity contribution in [3.8, 4) is 11.5 Å². The van der Waals surface area contributed by atoms with Gasteiger partial charge in [0, 0.05) is 36.2 Å². The lowest BCUT2D eigenvalue weighted by Gasteiger charge is -2.34. The SMILES string of the molecule is CCOC(=O)C1=C(C)NC2=C(C(=O)CCC2)[C@H]1c1ccc(OC(C)=O)c(OC)c1. The number of carbonyl (C=O) groups excluding carboxylic acids is 3. The first kappa shape index (κ1) is 20.6. The summed E-state index contributed by atoms with van der Waals surface area (Å²) in [5.74, 6) is -0.856. The molecule has 1 heterocycles. The van der Waals surface area contributed by atoms with Crippen molar-refractivity contribution in [2.75, 3.05) is 13.7 Å². The number of allylic oxidation sites excluding steroid dienone is 3. The minimum absolute atomic E-state index is 0.0149. The van der Waals surface area contributed by atoms with Gasteiger partial charge < -0.3 is 19.5 Å². The summed E-state index contributed by atoms with van der Waals surface area (Å²) < 4.78 is 15.8. The van der Waals surface area contributed by atoms with Crippen molar-refractivity contribution in [1.82, 2.24) is 5.32 Å². The van der Waals surface area contributed by atoms with Crippen molar-refractivity contribution < 1.29 is 28.6 Å². The van der Waals surface area contributed by atoms with Crippen LogP contribution in [0.2, 0.25) is 0 Å². The molecule has 0 amide bonds. The van der Waals surface area contributed by atoms with Gasteiger partial charge in [0.2, 0.25) is 0 Å². The highest BCUT2D eigenvalue weighted by Gasteiger charge is 2.39. The zero-order valence-corrected chi connectivity index (χ0v) is 17.1.